The Morgan fingerprint density at radius 2 is 1.67 bits per heavy atom. The molecule has 3 rings (SSSR count). The molecule has 0 aliphatic rings. The zero-order chi connectivity index (χ0) is 18.9. The molecule has 4 nitrogen and oxygen atoms in total. The molecule has 2 N–H and O–H groups in total. The van der Waals surface area contributed by atoms with E-state index >= 15 is 0 Å². The molecule has 0 atom stereocenters. The summed E-state index contributed by atoms with van der Waals surface area (Å²) in [5.41, 5.74) is 5.35. The van der Waals surface area contributed by atoms with Gasteiger partial charge in [-0.05, 0) is 54.2 Å². The molecule has 136 valence electrons. The molecule has 27 heavy (non-hydrogen) atoms. The SMILES string of the molecule is Fc1ccc(COc2ccccc2/C=N/NC(=S)Nc2ccccc2)cc1. The van der Waals surface area contributed by atoms with E-state index in [0.29, 0.717) is 17.5 Å². The highest BCUT2D eigenvalue weighted by Crippen LogP contribution is 2.17. The van der Waals surface area contributed by atoms with E-state index in [1.807, 2.05) is 54.6 Å². The van der Waals surface area contributed by atoms with Gasteiger partial charge in [-0.25, -0.2) is 4.39 Å². The Morgan fingerprint density at radius 1 is 0.963 bits per heavy atom. The second kappa shape index (κ2) is 9.45. The molecule has 0 aromatic heterocycles. The van der Waals surface area contributed by atoms with Gasteiger partial charge >= 0.3 is 0 Å². The summed E-state index contributed by atoms with van der Waals surface area (Å²) in [5, 5.41) is 7.59. The Balaban J connectivity index is 1.57. The molecule has 6 heteroatoms. The van der Waals surface area contributed by atoms with Crippen molar-refractivity contribution in [2.24, 2.45) is 5.10 Å². The molecule has 0 unspecified atom stereocenters. The van der Waals surface area contributed by atoms with E-state index in [1.54, 1.807) is 18.3 Å². The first kappa shape index (κ1) is 18.5. The number of nitrogens with one attached hydrogen (secondary N) is 2. The molecular formula is C21H18FN3OS. The predicted molar refractivity (Wildman–Crippen MR) is 111 cm³/mol. The van der Waals surface area contributed by atoms with E-state index in [1.165, 1.54) is 12.1 Å². The van der Waals surface area contributed by atoms with Crippen LogP contribution in [0.3, 0.4) is 0 Å². The van der Waals surface area contributed by atoms with E-state index < -0.39 is 0 Å². The van der Waals surface area contributed by atoms with Crippen molar-refractivity contribution in [1.29, 1.82) is 0 Å². The summed E-state index contributed by atoms with van der Waals surface area (Å²) in [4.78, 5) is 0. The van der Waals surface area contributed by atoms with Gasteiger partial charge in [-0.15, -0.1) is 0 Å². The monoisotopic (exact) mass is 379 g/mol. The molecule has 0 aliphatic heterocycles. The standard InChI is InChI=1S/C21H18FN3OS/c22-18-12-10-16(11-13-18)15-26-20-9-5-4-6-17(20)14-23-25-21(27)24-19-7-2-1-3-8-19/h1-14H,15H2,(H2,24,25,27)/b23-14+. The number of para-hydroxylation sites is 2. The van der Waals surface area contributed by atoms with Crippen molar-refractivity contribution in [3.05, 3.63) is 95.8 Å². The number of hydrogen-bond donors (Lipinski definition) is 2. The smallest absolute Gasteiger partial charge is 0.191 e. The zero-order valence-electron chi connectivity index (χ0n) is 14.4. The Bertz CT molecular complexity index is 914. The number of hydrazone groups is 1. The maximum absolute atomic E-state index is 13.0. The van der Waals surface area contributed by atoms with Crippen molar-refractivity contribution in [2.75, 3.05) is 5.32 Å². The summed E-state index contributed by atoms with van der Waals surface area (Å²) >= 11 is 5.21. The molecule has 0 heterocycles. The van der Waals surface area contributed by atoms with Gasteiger partial charge in [-0.1, -0.05) is 42.5 Å². The van der Waals surface area contributed by atoms with Crippen LogP contribution in [-0.4, -0.2) is 11.3 Å². The fourth-order valence-electron chi connectivity index (χ4n) is 2.30. The third-order valence-corrected chi connectivity index (χ3v) is 3.82. The number of nitrogens with zero attached hydrogens (tertiary/aromatic N) is 1. The third kappa shape index (κ3) is 5.90. The molecule has 0 fully saturated rings. The molecule has 0 bridgehead atoms. The Labute approximate surface area is 162 Å². The fourth-order valence-corrected chi connectivity index (χ4v) is 2.47. The highest BCUT2D eigenvalue weighted by molar-refractivity contribution is 7.80. The first-order valence-corrected chi connectivity index (χ1v) is 8.73. The van der Waals surface area contributed by atoms with Crippen molar-refractivity contribution in [2.45, 2.75) is 6.61 Å². The number of thiocarbonyl (C=S) groups is 1. The van der Waals surface area contributed by atoms with Crippen LogP contribution in [0, 0.1) is 5.82 Å². The molecule has 0 spiro atoms. The van der Waals surface area contributed by atoms with Crippen LogP contribution >= 0.6 is 12.2 Å². The first-order chi connectivity index (χ1) is 13.2. The van der Waals surface area contributed by atoms with Crippen molar-refractivity contribution < 1.29 is 9.13 Å². The van der Waals surface area contributed by atoms with Crippen molar-refractivity contribution in [3.63, 3.8) is 0 Å². The number of ether oxygens (including phenoxy) is 1. The minimum atomic E-state index is -0.266. The quantitative estimate of drug-likeness (QED) is 0.369. The number of halogens is 1. The molecular weight excluding hydrogens is 361 g/mol. The van der Waals surface area contributed by atoms with Gasteiger partial charge in [-0.2, -0.15) is 5.10 Å². The van der Waals surface area contributed by atoms with E-state index in [9.17, 15) is 4.39 Å². The lowest BCUT2D eigenvalue weighted by Gasteiger charge is -2.09. The second-order valence-corrected chi connectivity index (χ2v) is 6.05. The Hall–Kier alpha value is -3.25. The van der Waals surface area contributed by atoms with E-state index in [4.69, 9.17) is 17.0 Å². The number of hydrogen-bond acceptors (Lipinski definition) is 3. The van der Waals surface area contributed by atoms with Crippen LogP contribution in [0.25, 0.3) is 0 Å². The average Bonchev–Trinajstić information content (AvgIpc) is 2.69. The van der Waals surface area contributed by atoms with Gasteiger partial charge in [0.15, 0.2) is 5.11 Å². The molecule has 0 radical (unpaired) electrons. The molecule has 0 saturated heterocycles. The summed E-state index contributed by atoms with van der Waals surface area (Å²) in [6, 6.07) is 23.3. The third-order valence-electron chi connectivity index (χ3n) is 3.63. The predicted octanol–water partition coefficient (Wildman–Crippen LogP) is 4.73. The number of anilines is 1. The van der Waals surface area contributed by atoms with Crippen LogP contribution in [0.4, 0.5) is 10.1 Å². The molecule has 0 amide bonds. The van der Waals surface area contributed by atoms with E-state index in [-0.39, 0.29) is 5.82 Å². The summed E-state index contributed by atoms with van der Waals surface area (Å²) in [7, 11) is 0. The largest absolute Gasteiger partial charge is 0.488 e. The van der Waals surface area contributed by atoms with Crippen molar-refractivity contribution >= 4 is 29.2 Å². The summed E-state index contributed by atoms with van der Waals surface area (Å²) in [6.45, 7) is 0.340. The number of benzene rings is 3. The van der Waals surface area contributed by atoms with Gasteiger partial charge in [0.05, 0.1) is 6.21 Å². The zero-order valence-corrected chi connectivity index (χ0v) is 15.2. The molecule has 3 aromatic carbocycles. The Kier molecular flexibility index (Phi) is 6.49. The Morgan fingerprint density at radius 3 is 2.44 bits per heavy atom. The van der Waals surface area contributed by atoms with Crippen molar-refractivity contribution in [3.8, 4) is 5.75 Å². The summed E-state index contributed by atoms with van der Waals surface area (Å²) in [6.07, 6.45) is 1.64. The highest BCUT2D eigenvalue weighted by atomic mass is 32.1. The lowest BCUT2D eigenvalue weighted by atomic mass is 10.2. The van der Waals surface area contributed by atoms with Gasteiger partial charge in [0.25, 0.3) is 0 Å². The minimum Gasteiger partial charge on any atom is -0.488 e. The average molecular weight is 379 g/mol. The van der Waals surface area contributed by atoms with E-state index in [0.717, 1.165) is 16.8 Å². The second-order valence-electron chi connectivity index (χ2n) is 5.64. The van der Waals surface area contributed by atoms with Crippen LogP contribution < -0.4 is 15.5 Å². The lowest BCUT2D eigenvalue weighted by Crippen LogP contribution is -2.23. The fraction of sp³-hybridized carbons (Fsp3) is 0.0476. The first-order valence-electron chi connectivity index (χ1n) is 8.32. The van der Waals surface area contributed by atoms with Crippen LogP contribution in [0.1, 0.15) is 11.1 Å². The number of rotatable bonds is 6. The van der Waals surface area contributed by atoms with Crippen LogP contribution in [0.2, 0.25) is 0 Å². The maximum atomic E-state index is 13.0. The highest BCUT2D eigenvalue weighted by Gasteiger charge is 2.02. The van der Waals surface area contributed by atoms with Crippen LogP contribution in [-0.2, 0) is 6.61 Å². The van der Waals surface area contributed by atoms with Gasteiger partial charge in [-0.3, -0.25) is 5.43 Å². The van der Waals surface area contributed by atoms with Gasteiger partial charge in [0.1, 0.15) is 18.2 Å². The van der Waals surface area contributed by atoms with Crippen molar-refractivity contribution in [1.82, 2.24) is 5.43 Å². The minimum absolute atomic E-state index is 0.266. The van der Waals surface area contributed by atoms with Crippen LogP contribution in [0.5, 0.6) is 5.75 Å². The van der Waals surface area contributed by atoms with E-state index in [2.05, 4.69) is 15.8 Å². The maximum Gasteiger partial charge on any atom is 0.191 e. The molecule has 0 aliphatic carbocycles. The van der Waals surface area contributed by atoms with Crippen LogP contribution in [0.15, 0.2) is 84.0 Å². The van der Waals surface area contributed by atoms with Gasteiger partial charge in [0.2, 0.25) is 0 Å². The topological polar surface area (TPSA) is 45.6 Å². The van der Waals surface area contributed by atoms with Gasteiger partial charge < -0.3 is 10.1 Å². The molecule has 0 saturated carbocycles. The lowest BCUT2D eigenvalue weighted by molar-refractivity contribution is 0.305. The normalized spacial score (nSPS) is 10.6. The summed E-state index contributed by atoms with van der Waals surface area (Å²) in [5.74, 6) is 0.409. The molecule has 3 aromatic rings. The van der Waals surface area contributed by atoms with Gasteiger partial charge in [0, 0.05) is 11.3 Å². The summed E-state index contributed by atoms with van der Waals surface area (Å²) < 4.78 is 18.8.